The van der Waals surface area contributed by atoms with Crippen LogP contribution in [-0.2, 0) is 11.3 Å². The Kier molecular flexibility index (Phi) is 6.10. The second kappa shape index (κ2) is 9.12. The first kappa shape index (κ1) is 21.4. The quantitative estimate of drug-likeness (QED) is 0.619. The molecule has 164 valence electrons. The maximum absolute atomic E-state index is 12.5. The Hall–Kier alpha value is -3.83. The van der Waals surface area contributed by atoms with Crippen LogP contribution in [0.25, 0.3) is 11.3 Å². The first-order chi connectivity index (χ1) is 15.5. The molecule has 2 atom stereocenters. The number of nitrogen functional groups attached to an aromatic ring is 1. The zero-order chi connectivity index (χ0) is 22.7. The first-order valence-electron chi connectivity index (χ1n) is 10.4. The van der Waals surface area contributed by atoms with Crippen LogP contribution in [0.5, 0.6) is 5.75 Å². The van der Waals surface area contributed by atoms with Crippen LogP contribution in [0.2, 0.25) is 0 Å². The lowest BCUT2D eigenvalue weighted by Crippen LogP contribution is -2.23. The Morgan fingerprint density at radius 3 is 2.72 bits per heavy atom. The zero-order valence-corrected chi connectivity index (χ0v) is 18.0. The number of anilines is 1. The molecular weight excluding hydrogens is 406 g/mol. The SMILES string of the molecule is COc1ccccc1C(=O)NCc1ccc(-c2nn(C3CCOC3C)c(N)c2C#N)cc1. The molecule has 3 N–H and O–H groups in total. The molecule has 0 saturated carbocycles. The fraction of sp³-hybridized carbons (Fsp3) is 0.292. The summed E-state index contributed by atoms with van der Waals surface area (Å²) in [6, 6.07) is 16.8. The van der Waals surface area contributed by atoms with E-state index >= 15 is 0 Å². The number of nitriles is 1. The number of carbonyl (C=O) groups excluding carboxylic acids is 1. The minimum Gasteiger partial charge on any atom is -0.496 e. The highest BCUT2D eigenvalue weighted by Gasteiger charge is 2.30. The molecule has 1 fully saturated rings. The molecule has 32 heavy (non-hydrogen) atoms. The number of nitrogens with zero attached hydrogens (tertiary/aromatic N) is 3. The summed E-state index contributed by atoms with van der Waals surface area (Å²) in [6.45, 7) is 2.99. The van der Waals surface area contributed by atoms with Gasteiger partial charge in [-0.3, -0.25) is 4.79 Å². The van der Waals surface area contributed by atoms with Crippen LogP contribution in [-0.4, -0.2) is 35.5 Å². The highest BCUT2D eigenvalue weighted by atomic mass is 16.5. The van der Waals surface area contributed by atoms with Gasteiger partial charge in [-0.25, -0.2) is 4.68 Å². The average Bonchev–Trinajstić information content (AvgIpc) is 3.39. The van der Waals surface area contributed by atoms with Crippen LogP contribution >= 0.6 is 0 Å². The third-order valence-corrected chi connectivity index (χ3v) is 5.74. The molecule has 8 heteroatoms. The van der Waals surface area contributed by atoms with Gasteiger partial charge >= 0.3 is 0 Å². The molecule has 2 unspecified atom stereocenters. The number of nitrogens with two attached hydrogens (primary N) is 1. The highest BCUT2D eigenvalue weighted by Crippen LogP contribution is 2.33. The van der Waals surface area contributed by atoms with E-state index in [9.17, 15) is 10.1 Å². The van der Waals surface area contributed by atoms with Crippen molar-refractivity contribution in [3.05, 3.63) is 65.2 Å². The number of methoxy groups -OCH3 is 1. The molecule has 0 radical (unpaired) electrons. The first-order valence-corrected chi connectivity index (χ1v) is 10.4. The third-order valence-electron chi connectivity index (χ3n) is 5.74. The fourth-order valence-corrected chi connectivity index (χ4v) is 3.94. The van der Waals surface area contributed by atoms with Crippen molar-refractivity contribution in [1.82, 2.24) is 15.1 Å². The predicted octanol–water partition coefficient (Wildman–Crippen LogP) is 3.29. The standard InChI is InChI=1S/C24H25N5O3/c1-15-20(11-12-32-15)29-23(26)19(13-25)22(28-29)17-9-7-16(8-10-17)14-27-24(30)18-5-3-4-6-21(18)31-2/h3-10,15,20H,11-12,14,26H2,1-2H3,(H,27,30). The third kappa shape index (κ3) is 4.03. The lowest BCUT2D eigenvalue weighted by molar-refractivity contribution is 0.0947. The summed E-state index contributed by atoms with van der Waals surface area (Å²) in [7, 11) is 1.54. The monoisotopic (exact) mass is 431 g/mol. The van der Waals surface area contributed by atoms with Crippen LogP contribution in [0, 0.1) is 11.3 Å². The molecule has 2 aromatic carbocycles. The number of ether oxygens (including phenoxy) is 2. The molecule has 0 bridgehead atoms. The van der Waals surface area contributed by atoms with Crippen molar-refractivity contribution in [1.29, 1.82) is 5.26 Å². The number of carbonyl (C=O) groups is 1. The number of aromatic nitrogens is 2. The largest absolute Gasteiger partial charge is 0.496 e. The van der Waals surface area contributed by atoms with Crippen molar-refractivity contribution in [3.8, 4) is 23.1 Å². The van der Waals surface area contributed by atoms with E-state index in [0.717, 1.165) is 17.5 Å². The Morgan fingerprint density at radius 1 is 1.31 bits per heavy atom. The molecule has 0 spiro atoms. The van der Waals surface area contributed by atoms with Gasteiger partial charge < -0.3 is 20.5 Å². The van der Waals surface area contributed by atoms with Gasteiger partial charge in [-0.2, -0.15) is 10.4 Å². The molecule has 1 aliphatic heterocycles. The normalized spacial score (nSPS) is 17.7. The van der Waals surface area contributed by atoms with Gasteiger partial charge in [-0.05, 0) is 31.0 Å². The van der Waals surface area contributed by atoms with Crippen molar-refractivity contribution in [2.45, 2.75) is 32.0 Å². The number of hydrogen-bond acceptors (Lipinski definition) is 6. The van der Waals surface area contributed by atoms with Gasteiger partial charge in [0.1, 0.15) is 28.9 Å². The van der Waals surface area contributed by atoms with E-state index in [0.29, 0.717) is 41.5 Å². The summed E-state index contributed by atoms with van der Waals surface area (Å²) in [5.41, 5.74) is 9.35. The number of nitrogens with one attached hydrogen (secondary N) is 1. The van der Waals surface area contributed by atoms with Crippen molar-refractivity contribution in [2.75, 3.05) is 19.5 Å². The van der Waals surface area contributed by atoms with Gasteiger partial charge in [0.2, 0.25) is 0 Å². The van der Waals surface area contributed by atoms with Crippen molar-refractivity contribution >= 4 is 11.7 Å². The van der Waals surface area contributed by atoms with E-state index in [-0.39, 0.29) is 18.1 Å². The zero-order valence-electron chi connectivity index (χ0n) is 18.0. The van der Waals surface area contributed by atoms with Gasteiger partial charge in [0.05, 0.1) is 24.8 Å². The molecule has 0 aliphatic carbocycles. The number of amides is 1. The molecule has 8 nitrogen and oxygen atoms in total. The van der Waals surface area contributed by atoms with Crippen molar-refractivity contribution < 1.29 is 14.3 Å². The van der Waals surface area contributed by atoms with Gasteiger partial charge in [0.25, 0.3) is 5.91 Å². The second-order valence-electron chi connectivity index (χ2n) is 7.68. The van der Waals surface area contributed by atoms with Crippen LogP contribution in [0.4, 0.5) is 5.82 Å². The lowest BCUT2D eigenvalue weighted by atomic mass is 10.1. The Bertz CT molecular complexity index is 1160. The van der Waals surface area contributed by atoms with E-state index in [2.05, 4.69) is 16.5 Å². The van der Waals surface area contributed by atoms with E-state index in [4.69, 9.17) is 15.2 Å². The van der Waals surface area contributed by atoms with E-state index in [1.54, 1.807) is 22.9 Å². The minimum atomic E-state index is -0.210. The molecule has 1 aliphatic rings. The highest BCUT2D eigenvalue weighted by molar-refractivity contribution is 5.96. The van der Waals surface area contributed by atoms with Gasteiger partial charge in [-0.15, -0.1) is 0 Å². The average molecular weight is 431 g/mol. The van der Waals surface area contributed by atoms with Crippen LogP contribution in [0.1, 0.15) is 40.9 Å². The summed E-state index contributed by atoms with van der Waals surface area (Å²) >= 11 is 0. The fourth-order valence-electron chi connectivity index (χ4n) is 3.94. The summed E-state index contributed by atoms with van der Waals surface area (Å²) in [6.07, 6.45) is 0.799. The van der Waals surface area contributed by atoms with Crippen molar-refractivity contribution in [2.24, 2.45) is 0 Å². The van der Waals surface area contributed by atoms with Gasteiger partial charge in [0.15, 0.2) is 0 Å². The maximum atomic E-state index is 12.5. The number of rotatable bonds is 6. The second-order valence-corrected chi connectivity index (χ2v) is 7.68. The summed E-state index contributed by atoms with van der Waals surface area (Å²) in [4.78, 5) is 12.5. The van der Waals surface area contributed by atoms with Crippen LogP contribution in [0.15, 0.2) is 48.5 Å². The summed E-state index contributed by atoms with van der Waals surface area (Å²) in [5, 5.41) is 17.2. The topological polar surface area (TPSA) is 115 Å². The Morgan fingerprint density at radius 2 is 2.06 bits per heavy atom. The number of hydrogen-bond donors (Lipinski definition) is 2. The predicted molar refractivity (Wildman–Crippen MR) is 120 cm³/mol. The van der Waals surface area contributed by atoms with Crippen LogP contribution < -0.4 is 15.8 Å². The molecular formula is C24H25N5O3. The molecule has 3 aromatic rings. The Balaban J connectivity index is 1.50. The Labute approximate surface area is 186 Å². The molecule has 1 saturated heterocycles. The van der Waals surface area contributed by atoms with Crippen LogP contribution in [0.3, 0.4) is 0 Å². The molecule has 2 heterocycles. The number of benzene rings is 2. The smallest absolute Gasteiger partial charge is 0.255 e. The number of para-hydroxylation sites is 1. The van der Waals surface area contributed by atoms with E-state index < -0.39 is 0 Å². The lowest BCUT2D eigenvalue weighted by Gasteiger charge is -2.15. The molecule has 1 aromatic heterocycles. The van der Waals surface area contributed by atoms with Gasteiger partial charge in [-0.1, -0.05) is 36.4 Å². The summed E-state index contributed by atoms with van der Waals surface area (Å²) < 4.78 is 12.6. The van der Waals surface area contributed by atoms with Gasteiger partial charge in [0, 0.05) is 18.7 Å². The van der Waals surface area contributed by atoms with E-state index in [1.165, 1.54) is 7.11 Å². The summed E-state index contributed by atoms with van der Waals surface area (Å²) in [5.74, 6) is 0.676. The molecule has 1 amide bonds. The maximum Gasteiger partial charge on any atom is 0.255 e. The molecule has 4 rings (SSSR count). The minimum absolute atomic E-state index is 0.00850. The van der Waals surface area contributed by atoms with E-state index in [1.807, 2.05) is 37.3 Å². The van der Waals surface area contributed by atoms with Crippen molar-refractivity contribution in [3.63, 3.8) is 0 Å².